The Morgan fingerprint density at radius 2 is 1.94 bits per heavy atom. The van der Waals surface area contributed by atoms with Gasteiger partial charge in [-0.2, -0.15) is 4.36 Å². The van der Waals surface area contributed by atoms with Crippen LogP contribution < -0.4 is 10.5 Å². The first-order chi connectivity index (χ1) is 15.9. The molecule has 0 unspecified atom stereocenters. The highest BCUT2D eigenvalue weighted by atomic mass is 35.5. The molecular formula is C25H27ClN4O3S. The smallest absolute Gasteiger partial charge is 0.254 e. The molecule has 2 heterocycles. The molecule has 2 N–H and O–H groups in total. The van der Waals surface area contributed by atoms with Crippen molar-refractivity contribution in [1.29, 1.82) is 0 Å². The molecule has 178 valence electrons. The van der Waals surface area contributed by atoms with E-state index in [1.54, 1.807) is 42.8 Å². The van der Waals surface area contributed by atoms with Gasteiger partial charge < -0.3 is 15.4 Å². The van der Waals surface area contributed by atoms with E-state index in [0.717, 1.165) is 22.3 Å². The summed E-state index contributed by atoms with van der Waals surface area (Å²) >= 11 is 6.66. The minimum absolute atomic E-state index is 0.174. The summed E-state index contributed by atoms with van der Waals surface area (Å²) in [5.74, 6) is 0.444. The number of rotatable bonds is 1. The van der Waals surface area contributed by atoms with Crippen molar-refractivity contribution in [3.63, 3.8) is 0 Å². The van der Waals surface area contributed by atoms with E-state index in [-0.39, 0.29) is 11.7 Å². The Labute approximate surface area is 205 Å². The van der Waals surface area contributed by atoms with Gasteiger partial charge in [-0.15, -0.1) is 0 Å². The first kappa shape index (κ1) is 24.0. The van der Waals surface area contributed by atoms with Gasteiger partial charge in [-0.3, -0.25) is 4.79 Å². The number of hydrogen-bond donors (Lipinski definition) is 1. The van der Waals surface area contributed by atoms with Crippen LogP contribution in [0.3, 0.4) is 0 Å². The number of hydrogen-bond acceptors (Lipinski definition) is 6. The van der Waals surface area contributed by atoms with E-state index < -0.39 is 15.8 Å². The summed E-state index contributed by atoms with van der Waals surface area (Å²) in [5.41, 5.74) is 11.1. The molecule has 0 saturated carbocycles. The normalized spacial score (nSPS) is 16.0. The monoisotopic (exact) mass is 498 g/mol. The molecule has 2 aromatic carbocycles. The molecule has 4 rings (SSSR count). The van der Waals surface area contributed by atoms with Crippen molar-refractivity contribution in [3.8, 4) is 16.9 Å². The van der Waals surface area contributed by atoms with E-state index >= 15 is 0 Å². The molecule has 34 heavy (non-hydrogen) atoms. The number of fused-ring (bicyclic) bond motifs is 5. The summed E-state index contributed by atoms with van der Waals surface area (Å²) in [4.78, 5) is 19.5. The second kappa shape index (κ2) is 8.92. The molecule has 1 amide bonds. The van der Waals surface area contributed by atoms with E-state index in [1.807, 2.05) is 38.1 Å². The van der Waals surface area contributed by atoms with Crippen LogP contribution in [0.4, 0.5) is 11.5 Å². The van der Waals surface area contributed by atoms with Crippen molar-refractivity contribution in [2.24, 2.45) is 4.36 Å². The zero-order chi connectivity index (χ0) is 24.8. The first-order valence-electron chi connectivity index (χ1n) is 10.7. The van der Waals surface area contributed by atoms with Crippen LogP contribution in [0.1, 0.15) is 40.1 Å². The van der Waals surface area contributed by atoms with E-state index in [1.165, 1.54) is 0 Å². The zero-order valence-electron chi connectivity index (χ0n) is 19.8. The second-order valence-electron chi connectivity index (χ2n) is 8.80. The number of benzene rings is 2. The lowest BCUT2D eigenvalue weighted by atomic mass is 9.97. The summed E-state index contributed by atoms with van der Waals surface area (Å²) in [6, 6.07) is 11.0. The second-order valence-corrected chi connectivity index (χ2v) is 11.7. The van der Waals surface area contributed by atoms with Gasteiger partial charge in [0.25, 0.3) is 5.91 Å². The number of halogens is 1. The standard InChI is InChI=1S/C25H27ClN4O3S/c1-14-6-9-19-22(23(14)26)15(2)33-21-10-17(12-28-24(21)27)20-11-18(29-34(4,5)32)8-7-16(20)13-30(3)25(19)31/h6-12,15H,13H2,1-5H3,(H2,27,28)/t15-/m1/s1. The van der Waals surface area contributed by atoms with Gasteiger partial charge in [0.05, 0.1) is 10.7 Å². The van der Waals surface area contributed by atoms with Gasteiger partial charge in [0.15, 0.2) is 11.6 Å². The highest BCUT2D eigenvalue weighted by molar-refractivity contribution is 7.92. The largest absolute Gasteiger partial charge is 0.482 e. The topological polar surface area (TPSA) is 97.9 Å². The van der Waals surface area contributed by atoms with Gasteiger partial charge in [0.2, 0.25) is 0 Å². The van der Waals surface area contributed by atoms with Crippen LogP contribution in [0.5, 0.6) is 5.75 Å². The molecule has 0 radical (unpaired) electrons. The van der Waals surface area contributed by atoms with Gasteiger partial charge in [0.1, 0.15) is 6.10 Å². The van der Waals surface area contributed by atoms with Crippen molar-refractivity contribution in [1.82, 2.24) is 9.88 Å². The molecule has 1 aliphatic heterocycles. The number of pyridine rings is 1. The Morgan fingerprint density at radius 3 is 2.65 bits per heavy atom. The van der Waals surface area contributed by atoms with Crippen molar-refractivity contribution < 1.29 is 13.7 Å². The van der Waals surface area contributed by atoms with Crippen LogP contribution >= 0.6 is 11.6 Å². The Morgan fingerprint density at radius 1 is 1.21 bits per heavy atom. The lowest BCUT2D eigenvalue weighted by molar-refractivity contribution is 0.0780. The van der Waals surface area contributed by atoms with Crippen molar-refractivity contribution in [2.45, 2.75) is 26.5 Å². The summed E-state index contributed by atoms with van der Waals surface area (Å²) in [6.07, 6.45) is 4.27. The van der Waals surface area contributed by atoms with Crippen LogP contribution in [-0.2, 0) is 16.3 Å². The molecule has 0 spiro atoms. The number of nitrogens with two attached hydrogens (primary N) is 1. The number of anilines is 1. The lowest BCUT2D eigenvalue weighted by Gasteiger charge is -2.26. The fourth-order valence-electron chi connectivity index (χ4n) is 4.05. The first-order valence-corrected chi connectivity index (χ1v) is 13.4. The number of carbonyl (C=O) groups excluding carboxylic acids is 1. The summed E-state index contributed by atoms with van der Waals surface area (Å²) in [6.45, 7) is 4.06. The number of nitrogen functional groups attached to an aromatic ring is 1. The fourth-order valence-corrected chi connectivity index (χ4v) is 4.99. The third-order valence-corrected chi connectivity index (χ3v) is 6.83. The van der Waals surface area contributed by atoms with Crippen molar-refractivity contribution >= 4 is 38.7 Å². The minimum Gasteiger partial charge on any atom is -0.482 e. The number of ether oxygens (including phenoxy) is 1. The molecule has 9 heteroatoms. The Hall–Kier alpha value is -3.10. The predicted molar refractivity (Wildman–Crippen MR) is 137 cm³/mol. The Bertz CT molecular complexity index is 1420. The summed E-state index contributed by atoms with van der Waals surface area (Å²) < 4.78 is 22.8. The van der Waals surface area contributed by atoms with Crippen LogP contribution in [-0.4, -0.2) is 39.6 Å². The zero-order valence-corrected chi connectivity index (χ0v) is 21.3. The molecule has 3 aromatic rings. The van der Waals surface area contributed by atoms with Crippen LogP contribution in [0.15, 0.2) is 47.0 Å². The highest BCUT2D eigenvalue weighted by Crippen LogP contribution is 2.38. The molecule has 0 aliphatic carbocycles. The van der Waals surface area contributed by atoms with E-state index in [2.05, 4.69) is 9.35 Å². The average molecular weight is 499 g/mol. The minimum atomic E-state index is -2.35. The van der Waals surface area contributed by atoms with Gasteiger partial charge in [-0.1, -0.05) is 23.7 Å². The number of carbonyl (C=O) groups is 1. The Balaban J connectivity index is 1.97. The lowest BCUT2D eigenvalue weighted by Crippen LogP contribution is -2.28. The van der Waals surface area contributed by atoms with Crippen LogP contribution in [0.25, 0.3) is 11.1 Å². The summed E-state index contributed by atoms with van der Waals surface area (Å²) in [5, 5.41) is 0.487. The summed E-state index contributed by atoms with van der Waals surface area (Å²) in [7, 11) is -0.604. The molecule has 2 bridgehead atoms. The number of aryl methyl sites for hydroxylation is 1. The maximum Gasteiger partial charge on any atom is 0.254 e. The van der Waals surface area contributed by atoms with Crippen LogP contribution in [0.2, 0.25) is 5.02 Å². The van der Waals surface area contributed by atoms with Crippen molar-refractivity contribution in [2.75, 3.05) is 25.3 Å². The predicted octanol–water partition coefficient (Wildman–Crippen LogP) is 5.38. The maximum atomic E-state index is 13.5. The third kappa shape index (κ3) is 4.74. The quantitative estimate of drug-likeness (QED) is 0.486. The maximum absolute atomic E-state index is 13.5. The molecule has 0 saturated heterocycles. The molecular weight excluding hydrogens is 472 g/mol. The number of aromatic nitrogens is 1. The number of nitrogens with zero attached hydrogens (tertiary/aromatic N) is 3. The molecule has 7 nitrogen and oxygen atoms in total. The molecule has 1 aliphatic rings. The molecule has 1 atom stereocenters. The SMILES string of the molecule is Cc1ccc2c(c1Cl)[C@@H](C)Oc1cc(cnc1N)-c1cc(N=S(C)(C)=O)ccc1CN(C)C2=O. The fraction of sp³-hybridized carbons (Fsp3) is 0.280. The van der Waals surface area contributed by atoms with Crippen LogP contribution in [0, 0.1) is 6.92 Å². The van der Waals surface area contributed by atoms with E-state index in [0.29, 0.717) is 34.1 Å². The van der Waals surface area contributed by atoms with Crippen molar-refractivity contribution in [3.05, 3.63) is 69.9 Å². The molecule has 0 fully saturated rings. The highest BCUT2D eigenvalue weighted by Gasteiger charge is 2.26. The Kier molecular flexibility index (Phi) is 6.31. The molecule has 1 aromatic heterocycles. The van der Waals surface area contributed by atoms with Gasteiger partial charge in [-0.25, -0.2) is 9.19 Å². The third-order valence-electron chi connectivity index (χ3n) is 5.68. The van der Waals surface area contributed by atoms with E-state index in [9.17, 15) is 9.00 Å². The average Bonchev–Trinajstić information content (AvgIpc) is 2.75. The van der Waals surface area contributed by atoms with Gasteiger partial charge in [0, 0.05) is 58.7 Å². The van der Waals surface area contributed by atoms with E-state index in [4.69, 9.17) is 22.1 Å². The number of amides is 1. The van der Waals surface area contributed by atoms with Gasteiger partial charge in [-0.05, 0) is 54.8 Å². The van der Waals surface area contributed by atoms with Gasteiger partial charge >= 0.3 is 0 Å².